The van der Waals surface area contributed by atoms with Crippen LogP contribution in [0.5, 0.6) is 0 Å². The predicted octanol–water partition coefficient (Wildman–Crippen LogP) is 0.720. The second kappa shape index (κ2) is 6.65. The molecule has 5 nitrogen and oxygen atoms in total. The lowest BCUT2D eigenvalue weighted by Crippen LogP contribution is -2.60. The molecule has 0 atom stereocenters. The van der Waals surface area contributed by atoms with Crippen molar-refractivity contribution in [3.8, 4) is 0 Å². The maximum atomic E-state index is 6.10. The van der Waals surface area contributed by atoms with Crippen LogP contribution in [0.15, 0.2) is 0 Å². The van der Waals surface area contributed by atoms with Crippen molar-refractivity contribution in [2.75, 3.05) is 58.7 Å². The summed E-state index contributed by atoms with van der Waals surface area (Å²) < 4.78 is 18.3. The summed E-state index contributed by atoms with van der Waals surface area (Å²) in [5.74, 6) is 0. The van der Waals surface area contributed by atoms with E-state index in [1.165, 1.54) is 38.8 Å². The Morgan fingerprint density at radius 3 is 1.74 bits per heavy atom. The van der Waals surface area contributed by atoms with Gasteiger partial charge in [-0.25, -0.2) is 0 Å². The van der Waals surface area contributed by atoms with E-state index in [-0.39, 0.29) is 0 Å². The van der Waals surface area contributed by atoms with Crippen LogP contribution in [-0.4, -0.2) is 77.3 Å². The third-order valence-electron chi connectivity index (χ3n) is 4.30. The molecule has 0 radical (unpaired) electrons. The summed E-state index contributed by atoms with van der Waals surface area (Å²) in [5, 5.41) is 0. The van der Waals surface area contributed by atoms with Gasteiger partial charge in [0.05, 0.1) is 26.0 Å². The Morgan fingerprint density at radius 2 is 1.21 bits per heavy atom. The van der Waals surface area contributed by atoms with Crippen molar-refractivity contribution in [3.05, 3.63) is 0 Å². The summed E-state index contributed by atoms with van der Waals surface area (Å²) >= 11 is 0. The van der Waals surface area contributed by atoms with E-state index in [0.717, 1.165) is 45.6 Å². The maximum Gasteiger partial charge on any atom is 0.515 e. The van der Waals surface area contributed by atoms with Crippen LogP contribution in [-0.2, 0) is 13.3 Å². The first kappa shape index (κ1) is 14.0. The van der Waals surface area contributed by atoms with Gasteiger partial charge in [0.25, 0.3) is 0 Å². The average molecular weight is 286 g/mol. The summed E-state index contributed by atoms with van der Waals surface area (Å²) in [7, 11) is -2.44. The molecular formula is C13H26N2O3Si. The molecular weight excluding hydrogens is 260 g/mol. The molecule has 4 heterocycles. The molecule has 6 heteroatoms. The third kappa shape index (κ3) is 3.77. The minimum absolute atomic E-state index is 0.764. The first-order chi connectivity index (χ1) is 9.36. The van der Waals surface area contributed by atoms with Gasteiger partial charge >= 0.3 is 8.80 Å². The predicted molar refractivity (Wildman–Crippen MR) is 75.0 cm³/mol. The number of fused-ring (bicyclic) bond motifs is 6. The average Bonchev–Trinajstić information content (AvgIpc) is 2.59. The zero-order valence-corrected chi connectivity index (χ0v) is 12.8. The molecule has 0 amide bonds. The molecule has 0 aromatic rings. The Hall–Kier alpha value is 0.0169. The number of rotatable bonds is 2. The van der Waals surface area contributed by atoms with Crippen LogP contribution in [0.1, 0.15) is 25.7 Å². The Bertz CT molecular complexity index is 259. The third-order valence-corrected chi connectivity index (χ3v) is 7.07. The summed E-state index contributed by atoms with van der Waals surface area (Å²) in [6.45, 7) is 7.73. The lowest BCUT2D eigenvalue weighted by Gasteiger charge is -2.40. The lowest BCUT2D eigenvalue weighted by atomic mass is 10.2. The minimum atomic E-state index is -2.44. The molecule has 4 rings (SSSR count). The number of likely N-dealkylation sites (tertiary alicyclic amines) is 1. The van der Waals surface area contributed by atoms with Crippen molar-refractivity contribution in [1.29, 1.82) is 0 Å². The van der Waals surface area contributed by atoms with Crippen molar-refractivity contribution in [2.45, 2.75) is 25.7 Å². The van der Waals surface area contributed by atoms with Crippen LogP contribution < -0.4 is 0 Å². The molecule has 2 bridgehead atoms. The van der Waals surface area contributed by atoms with E-state index in [1.54, 1.807) is 0 Å². The van der Waals surface area contributed by atoms with Crippen molar-refractivity contribution in [3.63, 3.8) is 0 Å². The van der Waals surface area contributed by atoms with E-state index >= 15 is 0 Å². The summed E-state index contributed by atoms with van der Waals surface area (Å²) in [6.07, 6.45) is 6.23. The second-order valence-corrected chi connectivity index (χ2v) is 8.31. The molecule has 0 saturated carbocycles. The van der Waals surface area contributed by atoms with Crippen molar-refractivity contribution in [1.82, 2.24) is 9.80 Å². The van der Waals surface area contributed by atoms with Gasteiger partial charge in [0.1, 0.15) is 0 Å². The summed E-state index contributed by atoms with van der Waals surface area (Å²) in [6, 6.07) is 0. The first-order valence-electron chi connectivity index (χ1n) is 7.73. The molecule has 0 spiro atoms. The van der Waals surface area contributed by atoms with E-state index in [0.29, 0.717) is 0 Å². The minimum Gasteiger partial charge on any atom is -0.371 e. The van der Waals surface area contributed by atoms with Gasteiger partial charge in [0.15, 0.2) is 0 Å². The summed E-state index contributed by atoms with van der Waals surface area (Å²) in [4.78, 5) is 4.88. The highest BCUT2D eigenvalue weighted by molar-refractivity contribution is 6.61. The molecule has 0 unspecified atom stereocenters. The molecule has 4 aliphatic heterocycles. The molecule has 110 valence electrons. The standard InChI is InChI=1S/C13H26N2O3Si/c1-2-4-6-15(5-3-1)13-19-16-10-7-14(8-11-17-19)9-12-18-19/h1-13H2. The Labute approximate surface area is 117 Å². The van der Waals surface area contributed by atoms with Gasteiger partial charge in [-0.2, -0.15) is 0 Å². The number of hydrogen-bond acceptors (Lipinski definition) is 5. The van der Waals surface area contributed by atoms with Gasteiger partial charge in [-0.1, -0.05) is 12.8 Å². The van der Waals surface area contributed by atoms with Crippen molar-refractivity contribution >= 4 is 8.80 Å². The number of nitrogens with zero attached hydrogens (tertiary/aromatic N) is 2. The van der Waals surface area contributed by atoms with E-state index in [1.807, 2.05) is 0 Å². The molecule has 19 heavy (non-hydrogen) atoms. The fourth-order valence-electron chi connectivity index (χ4n) is 3.16. The topological polar surface area (TPSA) is 34.2 Å². The van der Waals surface area contributed by atoms with E-state index < -0.39 is 8.80 Å². The lowest BCUT2D eigenvalue weighted by molar-refractivity contribution is -0.0155. The molecule has 4 aliphatic rings. The fourth-order valence-corrected chi connectivity index (χ4v) is 5.75. The molecule has 4 fully saturated rings. The Morgan fingerprint density at radius 1 is 0.684 bits per heavy atom. The highest BCUT2D eigenvalue weighted by Gasteiger charge is 2.45. The normalized spacial score (nSPS) is 38.2. The van der Waals surface area contributed by atoms with Gasteiger partial charge in [-0.05, 0) is 25.9 Å². The number of hydrogen-bond donors (Lipinski definition) is 0. The van der Waals surface area contributed by atoms with E-state index in [2.05, 4.69) is 9.80 Å². The van der Waals surface area contributed by atoms with Crippen molar-refractivity contribution < 1.29 is 13.3 Å². The van der Waals surface area contributed by atoms with Crippen LogP contribution in [0, 0.1) is 0 Å². The zero-order chi connectivity index (χ0) is 13.0. The first-order valence-corrected chi connectivity index (χ1v) is 9.66. The quantitative estimate of drug-likeness (QED) is 0.699. The molecule has 0 N–H and O–H groups in total. The fraction of sp³-hybridized carbons (Fsp3) is 1.00. The SMILES string of the molecule is C1CCCN(C[Si]23OCCN(CCO2)CCO3)CC1. The van der Waals surface area contributed by atoms with Crippen LogP contribution in [0.3, 0.4) is 0 Å². The van der Waals surface area contributed by atoms with Crippen LogP contribution >= 0.6 is 0 Å². The highest BCUT2D eigenvalue weighted by atomic mass is 28.4. The molecule has 0 aliphatic carbocycles. The largest absolute Gasteiger partial charge is 0.515 e. The van der Waals surface area contributed by atoms with Gasteiger partial charge in [0, 0.05) is 19.6 Å². The van der Waals surface area contributed by atoms with Gasteiger partial charge in [0.2, 0.25) is 0 Å². The Kier molecular flexibility index (Phi) is 4.89. The van der Waals surface area contributed by atoms with Gasteiger partial charge < -0.3 is 13.3 Å². The van der Waals surface area contributed by atoms with Crippen LogP contribution in [0.4, 0.5) is 0 Å². The van der Waals surface area contributed by atoms with Crippen LogP contribution in [0.25, 0.3) is 0 Å². The monoisotopic (exact) mass is 286 g/mol. The van der Waals surface area contributed by atoms with E-state index in [4.69, 9.17) is 13.3 Å². The molecule has 0 aromatic carbocycles. The van der Waals surface area contributed by atoms with Crippen molar-refractivity contribution in [2.24, 2.45) is 0 Å². The second-order valence-electron chi connectivity index (χ2n) is 5.76. The van der Waals surface area contributed by atoms with Gasteiger partial charge in [-0.15, -0.1) is 0 Å². The zero-order valence-electron chi connectivity index (χ0n) is 11.8. The van der Waals surface area contributed by atoms with E-state index in [9.17, 15) is 0 Å². The summed E-state index contributed by atoms with van der Waals surface area (Å²) in [5.41, 5.74) is 0. The van der Waals surface area contributed by atoms with Gasteiger partial charge in [-0.3, -0.25) is 9.80 Å². The van der Waals surface area contributed by atoms with Crippen LogP contribution in [0.2, 0.25) is 0 Å². The molecule has 0 aromatic heterocycles. The highest BCUT2D eigenvalue weighted by Crippen LogP contribution is 2.19. The Balaban J connectivity index is 1.64. The molecule has 4 saturated heterocycles. The maximum absolute atomic E-state index is 6.10. The smallest absolute Gasteiger partial charge is 0.371 e.